The Morgan fingerprint density at radius 3 is 2.55 bits per heavy atom. The summed E-state index contributed by atoms with van der Waals surface area (Å²) in [6.07, 6.45) is 2.62. The van der Waals surface area contributed by atoms with Gasteiger partial charge in [0.2, 0.25) is 5.91 Å². The lowest BCUT2D eigenvalue weighted by Crippen LogP contribution is -2.37. The maximum Gasteiger partial charge on any atom is 0.244 e. The third kappa shape index (κ3) is 2.18. The largest absolute Gasteiger partial charge is 0.324 e. The zero-order valence-electron chi connectivity index (χ0n) is 11.1. The van der Waals surface area contributed by atoms with E-state index in [1.807, 2.05) is 0 Å². The molecule has 0 atom stereocenters. The Balaban J connectivity index is 1.80. The highest BCUT2D eigenvalue weighted by Gasteiger charge is 2.45. The van der Waals surface area contributed by atoms with Crippen LogP contribution in [0.1, 0.15) is 12.8 Å². The van der Waals surface area contributed by atoms with Crippen molar-refractivity contribution in [1.29, 1.82) is 0 Å². The average Bonchev–Trinajstić information content (AvgIpc) is 3.09. The zero-order chi connectivity index (χ0) is 14.3. The van der Waals surface area contributed by atoms with Gasteiger partial charge in [-0.2, -0.15) is 5.10 Å². The van der Waals surface area contributed by atoms with Crippen molar-refractivity contribution in [3.8, 4) is 11.3 Å². The first-order valence-corrected chi connectivity index (χ1v) is 6.38. The molecule has 1 aliphatic carbocycles. The molecule has 3 rings (SSSR count). The molecule has 104 valence electrons. The molecule has 0 aliphatic heterocycles. The molecule has 6 heteroatoms. The summed E-state index contributed by atoms with van der Waals surface area (Å²) in [6.45, 7) is 0. The molecule has 1 aliphatic rings. The molecule has 0 spiro atoms. The van der Waals surface area contributed by atoms with E-state index in [4.69, 9.17) is 5.73 Å². The molecule has 5 nitrogen and oxygen atoms in total. The Kier molecular flexibility index (Phi) is 2.83. The third-order valence-corrected chi connectivity index (χ3v) is 3.55. The van der Waals surface area contributed by atoms with E-state index in [1.54, 1.807) is 31.3 Å². The molecule has 1 aromatic carbocycles. The molecule has 1 saturated carbocycles. The van der Waals surface area contributed by atoms with Crippen molar-refractivity contribution in [3.05, 3.63) is 36.3 Å². The van der Waals surface area contributed by atoms with E-state index in [0.717, 1.165) is 12.8 Å². The van der Waals surface area contributed by atoms with Crippen LogP contribution in [0.5, 0.6) is 0 Å². The highest BCUT2D eigenvalue weighted by atomic mass is 19.1. The van der Waals surface area contributed by atoms with Crippen molar-refractivity contribution in [2.24, 2.45) is 12.8 Å². The number of halogens is 1. The summed E-state index contributed by atoms with van der Waals surface area (Å²) in [7, 11) is 1.68. The SMILES string of the molecule is Cn1ncc(F)c1-c1ccc(NC(=O)C2(N)CC2)cc1. The number of amides is 1. The number of nitrogens with two attached hydrogens (primary N) is 1. The second kappa shape index (κ2) is 4.42. The van der Waals surface area contributed by atoms with Crippen LogP contribution in [0.3, 0.4) is 0 Å². The van der Waals surface area contributed by atoms with Crippen LogP contribution in [0.25, 0.3) is 11.3 Å². The van der Waals surface area contributed by atoms with Gasteiger partial charge in [-0.25, -0.2) is 4.39 Å². The highest BCUT2D eigenvalue weighted by molar-refractivity contribution is 6.00. The summed E-state index contributed by atoms with van der Waals surface area (Å²) in [5.74, 6) is -0.542. The zero-order valence-corrected chi connectivity index (χ0v) is 11.1. The summed E-state index contributed by atoms with van der Waals surface area (Å²) in [6, 6.07) is 6.94. The Hall–Kier alpha value is -2.21. The Bertz CT molecular complexity index is 639. The van der Waals surface area contributed by atoms with Crippen LogP contribution in [0.4, 0.5) is 10.1 Å². The molecule has 3 N–H and O–H groups in total. The van der Waals surface area contributed by atoms with Crippen molar-refractivity contribution in [2.45, 2.75) is 18.4 Å². The lowest BCUT2D eigenvalue weighted by molar-refractivity contribution is -0.118. The molecule has 1 fully saturated rings. The second-order valence-corrected chi connectivity index (χ2v) is 5.15. The van der Waals surface area contributed by atoms with Crippen LogP contribution in [-0.4, -0.2) is 21.2 Å². The molecular weight excluding hydrogens is 259 g/mol. The summed E-state index contributed by atoms with van der Waals surface area (Å²) < 4.78 is 15.1. The van der Waals surface area contributed by atoms with E-state index >= 15 is 0 Å². The molecular formula is C14H15FN4O. The number of benzene rings is 1. The normalized spacial score (nSPS) is 15.9. The second-order valence-electron chi connectivity index (χ2n) is 5.15. The fourth-order valence-electron chi connectivity index (χ4n) is 2.06. The van der Waals surface area contributed by atoms with Gasteiger partial charge < -0.3 is 11.1 Å². The van der Waals surface area contributed by atoms with Gasteiger partial charge in [0, 0.05) is 18.3 Å². The number of hydrogen-bond acceptors (Lipinski definition) is 3. The fraction of sp³-hybridized carbons (Fsp3) is 0.286. The lowest BCUT2D eigenvalue weighted by Gasteiger charge is -2.10. The van der Waals surface area contributed by atoms with Crippen LogP contribution in [0.2, 0.25) is 0 Å². The standard InChI is InChI=1S/C14H15FN4O/c1-19-12(11(15)8-17-19)9-2-4-10(5-3-9)18-13(20)14(16)6-7-14/h2-5,8H,6-7,16H2,1H3,(H,18,20). The molecule has 1 aromatic heterocycles. The highest BCUT2D eigenvalue weighted by Crippen LogP contribution is 2.33. The van der Waals surface area contributed by atoms with E-state index in [2.05, 4.69) is 10.4 Å². The number of aryl methyl sites for hydroxylation is 1. The molecule has 0 saturated heterocycles. The maximum atomic E-state index is 13.6. The average molecular weight is 274 g/mol. The van der Waals surface area contributed by atoms with Gasteiger partial charge in [-0.05, 0) is 25.0 Å². The van der Waals surface area contributed by atoms with Crippen LogP contribution >= 0.6 is 0 Å². The van der Waals surface area contributed by atoms with Gasteiger partial charge in [-0.15, -0.1) is 0 Å². The molecule has 1 heterocycles. The minimum Gasteiger partial charge on any atom is -0.324 e. The predicted molar refractivity (Wildman–Crippen MR) is 73.4 cm³/mol. The number of carbonyl (C=O) groups excluding carboxylic acids is 1. The summed E-state index contributed by atoms with van der Waals surface area (Å²) >= 11 is 0. The van der Waals surface area contributed by atoms with Gasteiger partial charge in [0.05, 0.1) is 11.7 Å². The van der Waals surface area contributed by atoms with E-state index in [-0.39, 0.29) is 11.7 Å². The maximum absolute atomic E-state index is 13.6. The van der Waals surface area contributed by atoms with Gasteiger partial charge in [0.15, 0.2) is 5.82 Å². The van der Waals surface area contributed by atoms with E-state index in [0.29, 0.717) is 16.9 Å². The monoisotopic (exact) mass is 274 g/mol. The summed E-state index contributed by atoms with van der Waals surface area (Å²) in [5.41, 5.74) is 6.88. The summed E-state index contributed by atoms with van der Waals surface area (Å²) in [5, 5.41) is 6.63. The fourth-order valence-corrected chi connectivity index (χ4v) is 2.06. The molecule has 2 aromatic rings. The minimum absolute atomic E-state index is 0.169. The number of carbonyl (C=O) groups is 1. The first kappa shape index (κ1) is 12.8. The topological polar surface area (TPSA) is 72.9 Å². The van der Waals surface area contributed by atoms with Crippen LogP contribution in [0, 0.1) is 5.82 Å². The van der Waals surface area contributed by atoms with Crippen molar-refractivity contribution >= 4 is 11.6 Å². The van der Waals surface area contributed by atoms with Crippen LogP contribution in [0.15, 0.2) is 30.5 Å². The van der Waals surface area contributed by atoms with Crippen molar-refractivity contribution in [1.82, 2.24) is 9.78 Å². The van der Waals surface area contributed by atoms with Gasteiger partial charge in [0.25, 0.3) is 0 Å². The van der Waals surface area contributed by atoms with Gasteiger partial charge in [0.1, 0.15) is 5.69 Å². The molecule has 0 bridgehead atoms. The summed E-state index contributed by atoms with van der Waals surface area (Å²) in [4.78, 5) is 11.8. The first-order valence-electron chi connectivity index (χ1n) is 6.38. The van der Waals surface area contributed by atoms with Crippen LogP contribution < -0.4 is 11.1 Å². The van der Waals surface area contributed by atoms with Gasteiger partial charge in [-0.1, -0.05) is 12.1 Å². The molecule has 0 radical (unpaired) electrons. The van der Waals surface area contributed by atoms with E-state index in [9.17, 15) is 9.18 Å². The molecule has 0 unspecified atom stereocenters. The Morgan fingerprint density at radius 1 is 1.40 bits per heavy atom. The lowest BCUT2D eigenvalue weighted by atomic mass is 10.1. The molecule has 20 heavy (non-hydrogen) atoms. The quantitative estimate of drug-likeness (QED) is 0.894. The minimum atomic E-state index is -0.702. The first-order chi connectivity index (χ1) is 9.49. The predicted octanol–water partition coefficient (Wildman–Crippen LogP) is 1.66. The molecule has 1 amide bonds. The number of nitrogens with one attached hydrogen (secondary N) is 1. The van der Waals surface area contributed by atoms with Crippen molar-refractivity contribution < 1.29 is 9.18 Å². The number of anilines is 1. The van der Waals surface area contributed by atoms with Crippen molar-refractivity contribution in [3.63, 3.8) is 0 Å². The Labute approximate surface area is 115 Å². The van der Waals surface area contributed by atoms with Gasteiger partial charge >= 0.3 is 0 Å². The number of hydrogen-bond donors (Lipinski definition) is 2. The Morgan fingerprint density at radius 2 is 2.05 bits per heavy atom. The van der Waals surface area contributed by atoms with E-state index < -0.39 is 5.54 Å². The number of nitrogens with zero attached hydrogens (tertiary/aromatic N) is 2. The van der Waals surface area contributed by atoms with Gasteiger partial charge in [-0.3, -0.25) is 9.48 Å². The van der Waals surface area contributed by atoms with Crippen molar-refractivity contribution in [2.75, 3.05) is 5.32 Å². The van der Waals surface area contributed by atoms with Crippen LogP contribution in [-0.2, 0) is 11.8 Å². The number of aromatic nitrogens is 2. The third-order valence-electron chi connectivity index (χ3n) is 3.55. The number of rotatable bonds is 3. The van der Waals surface area contributed by atoms with E-state index in [1.165, 1.54) is 10.9 Å². The smallest absolute Gasteiger partial charge is 0.244 e.